The molecular weight excluding hydrogens is 414 g/mol. The molecule has 32 heavy (non-hydrogen) atoms. The van der Waals surface area contributed by atoms with Crippen LogP contribution in [0.3, 0.4) is 0 Å². The first kappa shape index (κ1) is 19.7. The minimum Gasteiger partial charge on any atom is -0.464 e. The molecule has 1 aliphatic heterocycles. The van der Waals surface area contributed by atoms with Crippen molar-refractivity contribution in [2.75, 3.05) is 0 Å². The minimum absolute atomic E-state index is 0.00625. The zero-order chi connectivity index (χ0) is 22.4. The van der Waals surface area contributed by atoms with Gasteiger partial charge in [-0.25, -0.2) is 9.59 Å². The molecule has 3 heterocycles. The number of benzene rings is 2. The van der Waals surface area contributed by atoms with Gasteiger partial charge in [0.05, 0.1) is 18.2 Å². The standard InChI is InChI=1S/C24H17NO7/c1-13-15-9-17-18(14-5-3-2-4-6-14)12-30-19(17)11-20(15)31-24(29)16(13)10-23(28)32-25-21(26)7-8-22(25)27/h2-6,9,11-12H,7-8,10H2,1H3. The van der Waals surface area contributed by atoms with Gasteiger partial charge in [-0.15, -0.1) is 5.06 Å². The smallest absolute Gasteiger partial charge is 0.340 e. The van der Waals surface area contributed by atoms with E-state index in [1.54, 1.807) is 19.3 Å². The molecule has 1 aliphatic rings. The maximum absolute atomic E-state index is 12.6. The molecule has 0 bridgehead atoms. The second-order valence-electron chi connectivity index (χ2n) is 7.57. The van der Waals surface area contributed by atoms with Gasteiger partial charge in [0.2, 0.25) is 0 Å². The maximum atomic E-state index is 12.6. The quantitative estimate of drug-likeness (QED) is 0.358. The van der Waals surface area contributed by atoms with Crippen molar-refractivity contribution >= 4 is 39.7 Å². The number of aryl methyl sites for hydroxylation is 1. The fraction of sp³-hybridized carbons (Fsp3) is 0.167. The van der Waals surface area contributed by atoms with Gasteiger partial charge in [0.15, 0.2) is 0 Å². The number of amides is 2. The van der Waals surface area contributed by atoms with Gasteiger partial charge in [-0.3, -0.25) is 9.59 Å². The van der Waals surface area contributed by atoms with Crippen molar-refractivity contribution in [3.63, 3.8) is 0 Å². The normalized spacial score (nSPS) is 14.0. The lowest BCUT2D eigenvalue weighted by atomic mass is 9.99. The number of hydrogen-bond donors (Lipinski definition) is 0. The Labute approximate surface area is 180 Å². The molecular formula is C24H17NO7. The number of hydrogen-bond acceptors (Lipinski definition) is 7. The van der Waals surface area contributed by atoms with Crippen LogP contribution in [-0.4, -0.2) is 22.8 Å². The number of imide groups is 1. The van der Waals surface area contributed by atoms with Crippen LogP contribution >= 0.6 is 0 Å². The van der Waals surface area contributed by atoms with Crippen molar-refractivity contribution in [3.8, 4) is 11.1 Å². The van der Waals surface area contributed by atoms with Crippen molar-refractivity contribution < 1.29 is 28.1 Å². The van der Waals surface area contributed by atoms with E-state index in [-0.39, 0.29) is 18.4 Å². The highest BCUT2D eigenvalue weighted by molar-refractivity contribution is 6.03. The van der Waals surface area contributed by atoms with Crippen molar-refractivity contribution in [1.29, 1.82) is 0 Å². The zero-order valence-electron chi connectivity index (χ0n) is 17.0. The fourth-order valence-corrected chi connectivity index (χ4v) is 3.89. The van der Waals surface area contributed by atoms with Crippen LogP contribution in [0.1, 0.15) is 24.0 Å². The Kier molecular flexibility index (Phi) is 4.62. The van der Waals surface area contributed by atoms with Crippen molar-refractivity contribution in [1.82, 2.24) is 5.06 Å². The summed E-state index contributed by atoms with van der Waals surface area (Å²) < 4.78 is 11.1. The minimum atomic E-state index is -0.891. The summed E-state index contributed by atoms with van der Waals surface area (Å²) in [6.45, 7) is 1.71. The van der Waals surface area contributed by atoms with E-state index in [4.69, 9.17) is 13.7 Å². The number of carbonyl (C=O) groups excluding carboxylic acids is 3. The van der Waals surface area contributed by atoms with Gasteiger partial charge < -0.3 is 13.7 Å². The van der Waals surface area contributed by atoms with Crippen LogP contribution in [-0.2, 0) is 25.6 Å². The van der Waals surface area contributed by atoms with Crippen LogP contribution in [0.2, 0.25) is 0 Å². The Hall–Kier alpha value is -4.20. The topological polar surface area (TPSA) is 107 Å². The molecule has 0 radical (unpaired) electrons. The van der Waals surface area contributed by atoms with E-state index in [1.807, 2.05) is 36.4 Å². The highest BCUT2D eigenvalue weighted by Gasteiger charge is 2.33. The number of rotatable bonds is 4. The first-order valence-electron chi connectivity index (χ1n) is 10.0. The van der Waals surface area contributed by atoms with Gasteiger partial charge in [-0.05, 0) is 24.1 Å². The van der Waals surface area contributed by atoms with E-state index in [1.165, 1.54) is 0 Å². The zero-order valence-corrected chi connectivity index (χ0v) is 17.0. The molecule has 0 atom stereocenters. The molecule has 0 N–H and O–H groups in total. The first-order chi connectivity index (χ1) is 15.4. The molecule has 1 saturated heterocycles. The van der Waals surface area contributed by atoms with Crippen LogP contribution in [0, 0.1) is 6.92 Å². The highest BCUT2D eigenvalue weighted by Crippen LogP contribution is 2.34. The average molecular weight is 431 g/mol. The summed E-state index contributed by atoms with van der Waals surface area (Å²) in [5.74, 6) is -2.06. The Morgan fingerprint density at radius 2 is 1.72 bits per heavy atom. The molecule has 2 aromatic heterocycles. The van der Waals surface area contributed by atoms with Gasteiger partial charge in [0.1, 0.15) is 11.2 Å². The fourth-order valence-electron chi connectivity index (χ4n) is 3.89. The summed E-state index contributed by atoms with van der Waals surface area (Å²) in [7, 11) is 0. The van der Waals surface area contributed by atoms with Crippen molar-refractivity contribution in [2.24, 2.45) is 0 Å². The van der Waals surface area contributed by atoms with Crippen LogP contribution in [0.4, 0.5) is 0 Å². The van der Waals surface area contributed by atoms with E-state index in [9.17, 15) is 19.2 Å². The summed E-state index contributed by atoms with van der Waals surface area (Å²) in [4.78, 5) is 53.1. The molecule has 8 heteroatoms. The van der Waals surface area contributed by atoms with Crippen LogP contribution < -0.4 is 5.63 Å². The van der Waals surface area contributed by atoms with Gasteiger partial charge in [0.25, 0.3) is 11.8 Å². The number of fused-ring (bicyclic) bond motifs is 2. The SMILES string of the molecule is Cc1c(CC(=O)ON2C(=O)CCC2=O)c(=O)oc2cc3occ(-c4ccccc4)c3cc12. The molecule has 0 spiro atoms. The molecule has 2 aromatic carbocycles. The van der Waals surface area contributed by atoms with Gasteiger partial charge in [-0.2, -0.15) is 0 Å². The molecule has 5 rings (SSSR count). The second-order valence-corrected chi connectivity index (χ2v) is 7.57. The van der Waals surface area contributed by atoms with E-state index >= 15 is 0 Å². The lowest BCUT2D eigenvalue weighted by Crippen LogP contribution is -2.33. The Balaban J connectivity index is 1.54. The molecule has 0 unspecified atom stereocenters. The number of furan rings is 1. The van der Waals surface area contributed by atoms with Crippen LogP contribution in [0.15, 0.2) is 62.4 Å². The summed E-state index contributed by atoms with van der Waals surface area (Å²) in [5.41, 5.74) is 2.72. The monoisotopic (exact) mass is 431 g/mol. The highest BCUT2D eigenvalue weighted by atomic mass is 16.7. The van der Waals surface area contributed by atoms with Crippen LogP contribution in [0.5, 0.6) is 0 Å². The number of carbonyl (C=O) groups is 3. The molecule has 2 amide bonds. The lowest BCUT2D eigenvalue weighted by molar-refractivity contribution is -0.197. The Bertz CT molecular complexity index is 1450. The number of nitrogens with zero attached hydrogens (tertiary/aromatic N) is 1. The van der Waals surface area contributed by atoms with Crippen molar-refractivity contribution in [2.45, 2.75) is 26.2 Å². The third-order valence-electron chi connectivity index (χ3n) is 5.59. The lowest BCUT2D eigenvalue weighted by Gasteiger charge is -2.13. The average Bonchev–Trinajstić information content (AvgIpc) is 3.34. The largest absolute Gasteiger partial charge is 0.464 e. The molecule has 8 nitrogen and oxygen atoms in total. The second kappa shape index (κ2) is 7.49. The molecule has 160 valence electrons. The summed E-state index contributed by atoms with van der Waals surface area (Å²) >= 11 is 0. The summed E-state index contributed by atoms with van der Waals surface area (Å²) in [6.07, 6.45) is 1.20. The van der Waals surface area contributed by atoms with E-state index in [2.05, 4.69) is 0 Å². The third kappa shape index (κ3) is 3.26. The maximum Gasteiger partial charge on any atom is 0.340 e. The molecule has 0 saturated carbocycles. The molecule has 1 fully saturated rings. The Morgan fingerprint density at radius 1 is 1.00 bits per heavy atom. The third-order valence-corrected chi connectivity index (χ3v) is 5.59. The Morgan fingerprint density at radius 3 is 2.44 bits per heavy atom. The van der Waals surface area contributed by atoms with Gasteiger partial charge >= 0.3 is 11.6 Å². The predicted molar refractivity (Wildman–Crippen MR) is 113 cm³/mol. The summed E-state index contributed by atoms with van der Waals surface area (Å²) in [6, 6.07) is 13.2. The molecule has 0 aliphatic carbocycles. The van der Waals surface area contributed by atoms with Crippen molar-refractivity contribution in [3.05, 3.63) is 70.3 Å². The predicted octanol–water partition coefficient (Wildman–Crippen LogP) is 3.66. The van der Waals surface area contributed by atoms with Crippen LogP contribution in [0.25, 0.3) is 33.1 Å². The van der Waals surface area contributed by atoms with E-state index in [0.717, 1.165) is 16.5 Å². The molecule has 4 aromatic rings. The first-order valence-corrected chi connectivity index (χ1v) is 10.0. The summed E-state index contributed by atoms with van der Waals surface area (Å²) in [5, 5.41) is 1.94. The van der Waals surface area contributed by atoms with E-state index in [0.29, 0.717) is 27.2 Å². The van der Waals surface area contributed by atoms with E-state index < -0.39 is 29.8 Å². The number of hydroxylamine groups is 2. The van der Waals surface area contributed by atoms with Gasteiger partial charge in [0, 0.05) is 35.2 Å². The van der Waals surface area contributed by atoms with Gasteiger partial charge in [-0.1, -0.05) is 30.3 Å².